The first-order valence-electron chi connectivity index (χ1n) is 10.7. The molecule has 6 rings (SSSR count). The van der Waals surface area contributed by atoms with Crippen molar-refractivity contribution >= 4 is 17.1 Å². The van der Waals surface area contributed by atoms with Crippen LogP contribution in [0.2, 0.25) is 0 Å². The summed E-state index contributed by atoms with van der Waals surface area (Å²) >= 11 is 0. The summed E-state index contributed by atoms with van der Waals surface area (Å²) in [6.07, 6.45) is -0.258. The van der Waals surface area contributed by atoms with Crippen molar-refractivity contribution in [2.75, 3.05) is 12.4 Å². The molecular formula is C23H19F2N5O4. The van der Waals surface area contributed by atoms with Gasteiger partial charge in [-0.05, 0) is 31.0 Å². The van der Waals surface area contributed by atoms with Gasteiger partial charge in [-0.25, -0.2) is 14.3 Å². The average molecular weight is 467 g/mol. The van der Waals surface area contributed by atoms with Gasteiger partial charge >= 0.3 is 12.0 Å². The highest BCUT2D eigenvalue weighted by Crippen LogP contribution is 2.45. The Kier molecular flexibility index (Phi) is 4.48. The quantitative estimate of drug-likeness (QED) is 0.464. The van der Waals surface area contributed by atoms with Gasteiger partial charge in [0.1, 0.15) is 11.3 Å². The summed E-state index contributed by atoms with van der Waals surface area (Å²) in [5.41, 5.74) is 1.05. The number of aromatic nitrogens is 4. The number of alkyl halides is 2. The third-order valence-electron chi connectivity index (χ3n) is 5.76. The van der Waals surface area contributed by atoms with Crippen LogP contribution in [0.4, 0.5) is 14.7 Å². The fraction of sp³-hybridized carbons (Fsp3) is 0.261. The van der Waals surface area contributed by atoms with Gasteiger partial charge in [0.25, 0.3) is 0 Å². The van der Waals surface area contributed by atoms with Gasteiger partial charge < -0.3 is 19.5 Å². The average Bonchev–Trinajstić information content (AvgIpc) is 3.51. The molecule has 174 valence electrons. The zero-order chi connectivity index (χ0) is 23.4. The third-order valence-corrected chi connectivity index (χ3v) is 5.76. The molecule has 0 amide bonds. The molecule has 1 fully saturated rings. The van der Waals surface area contributed by atoms with E-state index in [0.29, 0.717) is 17.2 Å². The Bertz CT molecular complexity index is 1480. The second-order valence-electron chi connectivity index (χ2n) is 8.11. The van der Waals surface area contributed by atoms with Crippen molar-refractivity contribution in [2.45, 2.75) is 31.7 Å². The first-order chi connectivity index (χ1) is 16.4. The van der Waals surface area contributed by atoms with Crippen molar-refractivity contribution in [3.8, 4) is 22.9 Å². The summed E-state index contributed by atoms with van der Waals surface area (Å²) in [6.45, 7) is 0.160. The Morgan fingerprint density at radius 3 is 2.79 bits per heavy atom. The first kappa shape index (κ1) is 20.5. The van der Waals surface area contributed by atoms with Crippen molar-refractivity contribution < 1.29 is 23.0 Å². The lowest BCUT2D eigenvalue weighted by molar-refractivity contribution is -0.286. The number of ether oxygens (including phenoxy) is 3. The monoisotopic (exact) mass is 467 g/mol. The minimum atomic E-state index is -3.83. The zero-order valence-electron chi connectivity index (χ0n) is 18.0. The zero-order valence-corrected chi connectivity index (χ0v) is 18.0. The second-order valence-corrected chi connectivity index (χ2v) is 8.11. The smallest absolute Gasteiger partial charge is 0.496 e. The van der Waals surface area contributed by atoms with Crippen LogP contribution in [0.15, 0.2) is 53.5 Å². The van der Waals surface area contributed by atoms with E-state index in [9.17, 15) is 13.6 Å². The van der Waals surface area contributed by atoms with Crippen molar-refractivity contribution in [3.63, 3.8) is 0 Å². The largest absolute Gasteiger partial charge is 0.586 e. The summed E-state index contributed by atoms with van der Waals surface area (Å²) in [5, 5.41) is 3.21. The Labute approximate surface area is 191 Å². The maximum Gasteiger partial charge on any atom is 0.586 e. The molecule has 9 nitrogen and oxygen atoms in total. The molecule has 2 aromatic heterocycles. The molecule has 0 radical (unpaired) electrons. The van der Waals surface area contributed by atoms with E-state index in [1.54, 1.807) is 19.4 Å². The number of hydrogen-bond acceptors (Lipinski definition) is 7. The molecule has 0 atom stereocenters. The van der Waals surface area contributed by atoms with E-state index in [1.165, 1.54) is 27.3 Å². The normalized spacial score (nSPS) is 16.1. The molecule has 11 heteroatoms. The summed E-state index contributed by atoms with van der Waals surface area (Å²) in [4.78, 5) is 22.7. The van der Waals surface area contributed by atoms with Gasteiger partial charge in [-0.15, -0.1) is 8.78 Å². The maximum absolute atomic E-state index is 13.9. The fourth-order valence-corrected chi connectivity index (χ4v) is 4.02. The van der Waals surface area contributed by atoms with Gasteiger partial charge in [-0.2, -0.15) is 4.98 Å². The number of imidazole rings is 1. The molecule has 1 aliphatic carbocycles. The van der Waals surface area contributed by atoms with Crippen LogP contribution >= 0.6 is 0 Å². The lowest BCUT2D eigenvalue weighted by Crippen LogP contribution is -2.27. The molecule has 1 aliphatic heterocycles. The molecule has 1 N–H and O–H groups in total. The number of fused-ring (bicyclic) bond motifs is 2. The highest BCUT2D eigenvalue weighted by atomic mass is 19.3. The van der Waals surface area contributed by atoms with Crippen LogP contribution in [-0.4, -0.2) is 38.5 Å². The first-order valence-corrected chi connectivity index (χ1v) is 10.7. The van der Waals surface area contributed by atoms with E-state index in [-0.39, 0.29) is 35.4 Å². The van der Waals surface area contributed by atoms with E-state index >= 15 is 0 Å². The lowest BCUT2D eigenvalue weighted by Gasteiger charge is -2.09. The topological polar surface area (TPSA) is 92.4 Å². The number of benzene rings is 2. The van der Waals surface area contributed by atoms with E-state index in [4.69, 9.17) is 9.47 Å². The van der Waals surface area contributed by atoms with E-state index in [0.717, 1.165) is 18.4 Å². The van der Waals surface area contributed by atoms with E-state index in [2.05, 4.69) is 20.0 Å². The number of methoxy groups -OCH3 is 1. The Hall–Kier alpha value is -4.15. The molecule has 0 saturated heterocycles. The van der Waals surface area contributed by atoms with Crippen molar-refractivity contribution in [1.82, 2.24) is 19.1 Å². The number of nitrogens with one attached hydrogen (secondary N) is 1. The Balaban J connectivity index is 1.56. The minimum Gasteiger partial charge on any atom is -0.496 e. The van der Waals surface area contributed by atoms with Crippen LogP contribution in [0, 0.1) is 0 Å². The number of para-hydroxylation sites is 2. The number of hydrogen-bond donors (Lipinski definition) is 1. The molecule has 0 unspecified atom stereocenters. The molecule has 0 bridgehead atoms. The maximum atomic E-state index is 13.9. The SMILES string of the molecule is COc1ccccc1Cn1c(=O)n(-c2cccc3c2OC(F)(F)O3)c2nc(NC3CC3)ncc21. The van der Waals surface area contributed by atoms with E-state index in [1.807, 2.05) is 18.2 Å². The minimum absolute atomic E-state index is 0.0968. The molecule has 3 heterocycles. The summed E-state index contributed by atoms with van der Waals surface area (Å²) in [7, 11) is 1.55. The highest BCUT2D eigenvalue weighted by molar-refractivity contribution is 5.76. The molecule has 0 spiro atoms. The van der Waals surface area contributed by atoms with Crippen LogP contribution in [0.5, 0.6) is 17.2 Å². The van der Waals surface area contributed by atoms with Crippen LogP contribution in [0.1, 0.15) is 18.4 Å². The van der Waals surface area contributed by atoms with Crippen molar-refractivity contribution in [1.29, 1.82) is 0 Å². The fourth-order valence-electron chi connectivity index (χ4n) is 4.02. The van der Waals surface area contributed by atoms with E-state index < -0.39 is 12.0 Å². The number of anilines is 1. The van der Waals surface area contributed by atoms with Crippen molar-refractivity contribution in [3.05, 3.63) is 64.7 Å². The molecule has 2 aliphatic rings. The molecule has 1 saturated carbocycles. The number of rotatable bonds is 6. The molecule has 2 aromatic carbocycles. The van der Waals surface area contributed by atoms with Gasteiger partial charge in [0.05, 0.1) is 25.5 Å². The Morgan fingerprint density at radius 2 is 2.00 bits per heavy atom. The lowest BCUT2D eigenvalue weighted by atomic mass is 10.2. The van der Waals surface area contributed by atoms with Crippen LogP contribution in [-0.2, 0) is 6.54 Å². The standard InChI is InChI=1S/C23H19F2N5O4/c1-32-17-7-3-2-5-13(17)12-29-16-11-26-21(27-14-9-10-14)28-20(16)30(22(29)31)15-6-4-8-18-19(15)34-23(24,25)33-18/h2-8,11,14H,9-10,12H2,1H3,(H,26,27,28). The number of nitrogens with zero attached hydrogens (tertiary/aromatic N) is 4. The van der Waals surface area contributed by atoms with Gasteiger partial charge in [-0.3, -0.25) is 4.57 Å². The van der Waals surface area contributed by atoms with Gasteiger partial charge in [-0.1, -0.05) is 24.3 Å². The van der Waals surface area contributed by atoms with Gasteiger partial charge in [0, 0.05) is 11.6 Å². The van der Waals surface area contributed by atoms with Crippen LogP contribution < -0.4 is 25.2 Å². The van der Waals surface area contributed by atoms with Gasteiger partial charge in [0.15, 0.2) is 17.1 Å². The predicted octanol–water partition coefficient (Wildman–Crippen LogP) is 3.53. The highest BCUT2D eigenvalue weighted by Gasteiger charge is 2.45. The number of halogens is 2. The van der Waals surface area contributed by atoms with Crippen LogP contribution in [0.3, 0.4) is 0 Å². The second kappa shape index (κ2) is 7.44. The van der Waals surface area contributed by atoms with Crippen molar-refractivity contribution in [2.24, 2.45) is 0 Å². The Morgan fingerprint density at radius 1 is 1.18 bits per heavy atom. The summed E-state index contributed by atoms with van der Waals surface area (Å²) in [6, 6.07) is 12.0. The van der Waals surface area contributed by atoms with Crippen LogP contribution in [0.25, 0.3) is 16.9 Å². The predicted molar refractivity (Wildman–Crippen MR) is 118 cm³/mol. The summed E-state index contributed by atoms with van der Waals surface area (Å²) < 4.78 is 45.2. The van der Waals surface area contributed by atoms with Gasteiger partial charge in [0.2, 0.25) is 5.95 Å². The summed E-state index contributed by atoms with van der Waals surface area (Å²) in [5.74, 6) is 0.570. The molecular weight excluding hydrogens is 448 g/mol. The molecule has 4 aromatic rings. The third kappa shape index (κ3) is 3.40. The molecule has 34 heavy (non-hydrogen) atoms.